The highest BCUT2D eigenvalue weighted by Crippen LogP contribution is 2.42. The van der Waals surface area contributed by atoms with Gasteiger partial charge in [0.05, 0.1) is 6.54 Å². The van der Waals surface area contributed by atoms with Gasteiger partial charge >= 0.3 is 6.03 Å². The highest BCUT2D eigenvalue weighted by molar-refractivity contribution is 7.10. The zero-order valence-corrected chi connectivity index (χ0v) is 16.3. The van der Waals surface area contributed by atoms with Crippen LogP contribution in [-0.2, 0) is 16.8 Å². The summed E-state index contributed by atoms with van der Waals surface area (Å²) in [5.74, 6) is -0.155. The van der Waals surface area contributed by atoms with Crippen molar-refractivity contribution in [3.63, 3.8) is 0 Å². The van der Waals surface area contributed by atoms with Crippen LogP contribution in [0.5, 0.6) is 0 Å². The van der Waals surface area contributed by atoms with Crippen molar-refractivity contribution in [2.45, 2.75) is 44.6 Å². The quantitative estimate of drug-likeness (QED) is 0.645. The van der Waals surface area contributed by atoms with E-state index in [2.05, 4.69) is 19.2 Å². The summed E-state index contributed by atoms with van der Waals surface area (Å²) in [6, 6.07) is 8.82. The Morgan fingerprint density at radius 2 is 1.96 bits per heavy atom. The molecule has 1 aliphatic heterocycles. The number of nitrogens with zero attached hydrogens (tertiary/aromatic N) is 1. The Morgan fingerprint density at radius 3 is 2.67 bits per heavy atom. The number of carbonyl (C=O) groups is 3. The van der Waals surface area contributed by atoms with Crippen molar-refractivity contribution >= 4 is 29.1 Å². The number of aryl methyl sites for hydroxylation is 1. The molecule has 1 aromatic heterocycles. The number of hydrogen-bond donors (Lipinski definition) is 1. The predicted octanol–water partition coefficient (Wildman–Crippen LogP) is 3.84. The second kappa shape index (κ2) is 6.60. The molecule has 0 unspecified atom stereocenters. The van der Waals surface area contributed by atoms with Crippen molar-refractivity contribution < 1.29 is 14.4 Å². The fourth-order valence-electron chi connectivity index (χ4n) is 3.97. The Balaban J connectivity index is 1.56. The number of Topliss-reactive ketones (excluding diaryl/α,β-unsaturated/α-hetero) is 1. The molecule has 1 N–H and O–H groups in total. The highest BCUT2D eigenvalue weighted by atomic mass is 32.1. The summed E-state index contributed by atoms with van der Waals surface area (Å²) in [5.41, 5.74) is 1.56. The zero-order chi connectivity index (χ0) is 19.2. The third-order valence-electron chi connectivity index (χ3n) is 5.54. The molecule has 3 amide bonds. The minimum Gasteiger partial charge on any atom is -0.319 e. The number of thiophene rings is 1. The van der Waals surface area contributed by atoms with Gasteiger partial charge in [0.1, 0.15) is 5.54 Å². The van der Waals surface area contributed by atoms with Crippen LogP contribution in [0.2, 0.25) is 0 Å². The van der Waals surface area contributed by atoms with E-state index in [-0.39, 0.29) is 18.2 Å². The molecule has 5 nitrogen and oxygen atoms in total. The van der Waals surface area contributed by atoms with Crippen LogP contribution in [0, 0.1) is 0 Å². The number of urea groups is 1. The van der Waals surface area contributed by atoms with Crippen molar-refractivity contribution in [1.29, 1.82) is 0 Å². The van der Waals surface area contributed by atoms with Gasteiger partial charge in [-0.15, -0.1) is 11.3 Å². The molecule has 0 radical (unpaired) electrons. The molecule has 1 aromatic carbocycles. The highest BCUT2D eigenvalue weighted by Gasteiger charge is 2.54. The molecule has 0 saturated carbocycles. The first kappa shape index (κ1) is 17.9. The van der Waals surface area contributed by atoms with E-state index >= 15 is 0 Å². The SMILES string of the molecule is CC(C)c1ccc(C(=O)CN2C(=O)N[C@]3(CCCc4sccc43)C2=O)cc1. The first-order valence-electron chi connectivity index (χ1n) is 9.26. The predicted molar refractivity (Wildman–Crippen MR) is 104 cm³/mol. The van der Waals surface area contributed by atoms with Crippen LogP contribution in [0.25, 0.3) is 0 Å². The van der Waals surface area contributed by atoms with Crippen LogP contribution in [0.1, 0.15) is 59.0 Å². The van der Waals surface area contributed by atoms with Crippen LogP contribution < -0.4 is 5.32 Å². The maximum absolute atomic E-state index is 13.2. The van der Waals surface area contributed by atoms with Crippen molar-refractivity contribution in [1.82, 2.24) is 10.2 Å². The van der Waals surface area contributed by atoms with Gasteiger partial charge in [-0.3, -0.25) is 14.5 Å². The maximum atomic E-state index is 13.2. The van der Waals surface area contributed by atoms with E-state index in [1.807, 2.05) is 23.6 Å². The standard InChI is InChI=1S/C21H22N2O3S/c1-13(2)14-5-7-15(8-6-14)17(24)12-23-19(25)21(22-20(23)26)10-3-4-18-16(21)9-11-27-18/h5-9,11,13H,3-4,10,12H2,1-2H3,(H,22,26)/t21-/m0/s1. The van der Waals surface area contributed by atoms with Crippen molar-refractivity contribution in [2.75, 3.05) is 6.54 Å². The summed E-state index contributed by atoms with van der Waals surface area (Å²) in [4.78, 5) is 40.6. The summed E-state index contributed by atoms with van der Waals surface area (Å²) in [7, 11) is 0. The van der Waals surface area contributed by atoms with Gasteiger partial charge in [0.2, 0.25) is 0 Å². The Hall–Kier alpha value is -2.47. The molecule has 0 bridgehead atoms. The molecular weight excluding hydrogens is 360 g/mol. The van der Waals surface area contributed by atoms with Crippen LogP contribution in [0.3, 0.4) is 0 Å². The summed E-state index contributed by atoms with van der Waals surface area (Å²) in [6.07, 6.45) is 2.35. The number of hydrogen-bond acceptors (Lipinski definition) is 4. The molecule has 1 atom stereocenters. The Kier molecular flexibility index (Phi) is 4.38. The summed E-state index contributed by atoms with van der Waals surface area (Å²) in [6.45, 7) is 3.95. The Morgan fingerprint density at radius 1 is 1.22 bits per heavy atom. The normalized spacial score (nSPS) is 21.7. The molecular formula is C21H22N2O3S. The summed E-state index contributed by atoms with van der Waals surface area (Å²) >= 11 is 1.62. The fourth-order valence-corrected chi connectivity index (χ4v) is 4.97. The molecule has 2 aromatic rings. The lowest BCUT2D eigenvalue weighted by Gasteiger charge is -2.31. The van der Waals surface area contributed by atoms with Gasteiger partial charge in [-0.25, -0.2) is 4.79 Å². The minimum absolute atomic E-state index is 0.229. The number of nitrogens with one attached hydrogen (secondary N) is 1. The molecule has 1 fully saturated rings. The third-order valence-corrected chi connectivity index (χ3v) is 6.52. The van der Waals surface area contributed by atoms with Crippen LogP contribution >= 0.6 is 11.3 Å². The number of amides is 3. The topological polar surface area (TPSA) is 66.5 Å². The van der Waals surface area contributed by atoms with Crippen LogP contribution in [-0.4, -0.2) is 29.2 Å². The number of benzene rings is 1. The first-order valence-corrected chi connectivity index (χ1v) is 10.1. The van der Waals surface area contributed by atoms with Gasteiger partial charge in [-0.2, -0.15) is 0 Å². The third kappa shape index (κ3) is 2.88. The van der Waals surface area contributed by atoms with E-state index in [9.17, 15) is 14.4 Å². The van der Waals surface area contributed by atoms with E-state index < -0.39 is 11.6 Å². The molecule has 4 rings (SSSR count). The number of fused-ring (bicyclic) bond motifs is 2. The van der Waals surface area contributed by atoms with Crippen molar-refractivity contribution in [2.24, 2.45) is 0 Å². The number of rotatable bonds is 4. The number of imide groups is 1. The van der Waals surface area contributed by atoms with Crippen LogP contribution in [0.15, 0.2) is 35.7 Å². The molecule has 1 saturated heterocycles. The second-order valence-corrected chi connectivity index (χ2v) is 8.54. The lowest BCUT2D eigenvalue weighted by molar-refractivity contribution is -0.131. The molecule has 140 valence electrons. The second-order valence-electron chi connectivity index (χ2n) is 7.54. The average molecular weight is 382 g/mol. The van der Waals surface area contributed by atoms with Crippen LogP contribution in [0.4, 0.5) is 4.79 Å². The maximum Gasteiger partial charge on any atom is 0.325 e. The van der Waals surface area contributed by atoms with Crippen molar-refractivity contribution in [3.8, 4) is 0 Å². The molecule has 2 heterocycles. The monoisotopic (exact) mass is 382 g/mol. The molecule has 1 aliphatic carbocycles. The van der Waals surface area contributed by atoms with Gasteiger partial charge in [-0.1, -0.05) is 38.1 Å². The fraction of sp³-hybridized carbons (Fsp3) is 0.381. The Bertz CT molecular complexity index is 916. The molecule has 6 heteroatoms. The van der Waals surface area contributed by atoms with E-state index in [0.29, 0.717) is 17.9 Å². The molecule has 2 aliphatic rings. The lowest BCUT2D eigenvalue weighted by atomic mass is 9.80. The van der Waals surface area contributed by atoms with Gasteiger partial charge in [0.25, 0.3) is 5.91 Å². The summed E-state index contributed by atoms with van der Waals surface area (Å²) < 4.78 is 0. The minimum atomic E-state index is -0.994. The van der Waals surface area contributed by atoms with E-state index in [4.69, 9.17) is 0 Å². The lowest BCUT2D eigenvalue weighted by Crippen LogP contribution is -2.46. The summed E-state index contributed by atoms with van der Waals surface area (Å²) in [5, 5.41) is 4.84. The molecule has 1 spiro atoms. The van der Waals surface area contributed by atoms with Gasteiger partial charge in [-0.05, 0) is 42.2 Å². The number of ketones is 1. The average Bonchev–Trinajstić information content (AvgIpc) is 3.22. The van der Waals surface area contributed by atoms with E-state index in [0.717, 1.165) is 33.7 Å². The van der Waals surface area contributed by atoms with Crippen molar-refractivity contribution in [3.05, 3.63) is 57.3 Å². The molecule has 27 heavy (non-hydrogen) atoms. The van der Waals surface area contributed by atoms with E-state index in [1.165, 1.54) is 0 Å². The largest absolute Gasteiger partial charge is 0.325 e. The zero-order valence-electron chi connectivity index (χ0n) is 15.5. The van der Waals surface area contributed by atoms with Gasteiger partial charge in [0, 0.05) is 16.0 Å². The van der Waals surface area contributed by atoms with E-state index in [1.54, 1.807) is 23.5 Å². The first-order chi connectivity index (χ1) is 12.9. The number of carbonyl (C=O) groups excluding carboxylic acids is 3. The Labute approximate surface area is 162 Å². The smallest absolute Gasteiger partial charge is 0.319 e. The van der Waals surface area contributed by atoms with Gasteiger partial charge < -0.3 is 5.32 Å². The van der Waals surface area contributed by atoms with Gasteiger partial charge in [0.15, 0.2) is 5.78 Å².